The minimum absolute atomic E-state index is 0.596. The molecule has 0 spiro atoms. The summed E-state index contributed by atoms with van der Waals surface area (Å²) in [6.07, 6.45) is 1.34. The smallest absolute Gasteiger partial charge is 0.0619 e. The van der Waals surface area contributed by atoms with E-state index >= 15 is 0 Å². The Morgan fingerprint density at radius 2 is 2.29 bits per heavy atom. The van der Waals surface area contributed by atoms with Crippen molar-refractivity contribution in [2.45, 2.75) is 32.4 Å². The molecule has 0 amide bonds. The summed E-state index contributed by atoms with van der Waals surface area (Å²) < 4.78 is 5.44. The Bertz CT molecular complexity index is 186. The van der Waals surface area contributed by atoms with Crippen LogP contribution >= 0.6 is 0 Å². The number of morpholine rings is 1. The van der Waals surface area contributed by atoms with E-state index in [0.717, 1.165) is 25.7 Å². The normalized spacial score (nSPS) is 40.3. The van der Waals surface area contributed by atoms with E-state index in [1.165, 1.54) is 19.5 Å². The SMILES string of the molecule is CC1CCNC1CN1CCOCC1C. The average Bonchev–Trinajstić information content (AvgIpc) is 2.56. The number of nitrogens with zero attached hydrogens (tertiary/aromatic N) is 1. The predicted molar refractivity (Wildman–Crippen MR) is 57.4 cm³/mol. The van der Waals surface area contributed by atoms with Crippen LogP contribution in [0.15, 0.2) is 0 Å². The lowest BCUT2D eigenvalue weighted by molar-refractivity contribution is -0.00515. The second-order valence-electron chi connectivity index (χ2n) is 4.75. The minimum Gasteiger partial charge on any atom is -0.379 e. The molecular weight excluding hydrogens is 176 g/mol. The van der Waals surface area contributed by atoms with E-state index < -0.39 is 0 Å². The van der Waals surface area contributed by atoms with Crippen LogP contribution < -0.4 is 5.32 Å². The molecule has 3 atom stereocenters. The highest BCUT2D eigenvalue weighted by atomic mass is 16.5. The lowest BCUT2D eigenvalue weighted by Crippen LogP contribution is -2.49. The van der Waals surface area contributed by atoms with Crippen molar-refractivity contribution in [3.05, 3.63) is 0 Å². The largest absolute Gasteiger partial charge is 0.379 e. The van der Waals surface area contributed by atoms with Gasteiger partial charge in [-0.05, 0) is 25.8 Å². The molecule has 2 aliphatic rings. The fourth-order valence-corrected chi connectivity index (χ4v) is 2.43. The van der Waals surface area contributed by atoms with E-state index in [4.69, 9.17) is 4.74 Å². The molecule has 3 heteroatoms. The second-order valence-corrected chi connectivity index (χ2v) is 4.75. The van der Waals surface area contributed by atoms with Gasteiger partial charge in [-0.2, -0.15) is 0 Å². The van der Waals surface area contributed by atoms with Gasteiger partial charge in [-0.3, -0.25) is 4.90 Å². The average molecular weight is 198 g/mol. The van der Waals surface area contributed by atoms with Gasteiger partial charge in [0, 0.05) is 25.2 Å². The Balaban J connectivity index is 1.83. The molecule has 1 N–H and O–H groups in total. The first-order valence-corrected chi connectivity index (χ1v) is 5.82. The maximum atomic E-state index is 5.44. The molecule has 0 saturated carbocycles. The molecule has 0 radical (unpaired) electrons. The first kappa shape index (κ1) is 10.4. The van der Waals surface area contributed by atoms with Crippen molar-refractivity contribution in [1.82, 2.24) is 10.2 Å². The first-order chi connectivity index (χ1) is 6.77. The van der Waals surface area contributed by atoms with Gasteiger partial charge < -0.3 is 10.1 Å². The zero-order chi connectivity index (χ0) is 9.97. The highest BCUT2D eigenvalue weighted by Gasteiger charge is 2.27. The van der Waals surface area contributed by atoms with E-state index in [9.17, 15) is 0 Å². The monoisotopic (exact) mass is 198 g/mol. The van der Waals surface area contributed by atoms with Crippen molar-refractivity contribution in [3.63, 3.8) is 0 Å². The van der Waals surface area contributed by atoms with Crippen LogP contribution in [0.5, 0.6) is 0 Å². The van der Waals surface area contributed by atoms with Crippen molar-refractivity contribution < 1.29 is 4.74 Å². The zero-order valence-corrected chi connectivity index (χ0v) is 9.33. The standard InChI is InChI=1S/C11H22N2O/c1-9-3-4-12-11(9)7-13-5-6-14-8-10(13)2/h9-12H,3-8H2,1-2H3. The number of hydrogen-bond acceptors (Lipinski definition) is 3. The fourth-order valence-electron chi connectivity index (χ4n) is 2.43. The van der Waals surface area contributed by atoms with Crippen molar-refractivity contribution >= 4 is 0 Å². The number of nitrogens with one attached hydrogen (secondary N) is 1. The highest BCUT2D eigenvalue weighted by molar-refractivity contribution is 4.85. The van der Waals surface area contributed by atoms with E-state index in [0.29, 0.717) is 12.1 Å². The molecule has 3 unspecified atom stereocenters. The molecule has 2 fully saturated rings. The van der Waals surface area contributed by atoms with Crippen LogP contribution in [0.1, 0.15) is 20.3 Å². The maximum absolute atomic E-state index is 5.44. The molecule has 0 bridgehead atoms. The first-order valence-electron chi connectivity index (χ1n) is 5.82. The molecule has 0 aromatic carbocycles. The quantitative estimate of drug-likeness (QED) is 0.707. The van der Waals surface area contributed by atoms with Crippen LogP contribution in [-0.2, 0) is 4.74 Å². The van der Waals surface area contributed by atoms with Crippen molar-refractivity contribution in [1.29, 1.82) is 0 Å². The van der Waals surface area contributed by atoms with Gasteiger partial charge in [-0.15, -0.1) is 0 Å². The number of hydrogen-bond donors (Lipinski definition) is 1. The van der Waals surface area contributed by atoms with Crippen LogP contribution in [0.2, 0.25) is 0 Å². The summed E-state index contributed by atoms with van der Waals surface area (Å²) >= 11 is 0. The summed E-state index contributed by atoms with van der Waals surface area (Å²) in [4.78, 5) is 2.56. The van der Waals surface area contributed by atoms with Gasteiger partial charge in [0.25, 0.3) is 0 Å². The molecule has 2 heterocycles. The fraction of sp³-hybridized carbons (Fsp3) is 1.00. The molecule has 2 saturated heterocycles. The molecule has 82 valence electrons. The van der Waals surface area contributed by atoms with Crippen molar-refractivity contribution in [2.24, 2.45) is 5.92 Å². The molecule has 0 aromatic rings. The van der Waals surface area contributed by atoms with E-state index in [1.807, 2.05) is 0 Å². The van der Waals surface area contributed by atoms with Gasteiger partial charge in [0.1, 0.15) is 0 Å². The Morgan fingerprint density at radius 1 is 1.43 bits per heavy atom. The number of ether oxygens (including phenoxy) is 1. The van der Waals surface area contributed by atoms with E-state index in [2.05, 4.69) is 24.1 Å². The molecule has 2 aliphatic heterocycles. The van der Waals surface area contributed by atoms with Gasteiger partial charge >= 0.3 is 0 Å². The van der Waals surface area contributed by atoms with E-state index in [-0.39, 0.29) is 0 Å². The molecular formula is C11H22N2O. The molecule has 2 rings (SSSR count). The molecule has 14 heavy (non-hydrogen) atoms. The minimum atomic E-state index is 0.596. The Kier molecular flexibility index (Phi) is 3.42. The number of rotatable bonds is 2. The molecule has 0 aromatic heterocycles. The van der Waals surface area contributed by atoms with Crippen LogP contribution in [0.25, 0.3) is 0 Å². The summed E-state index contributed by atoms with van der Waals surface area (Å²) in [5, 5.41) is 3.59. The van der Waals surface area contributed by atoms with Crippen LogP contribution in [0, 0.1) is 5.92 Å². The highest BCUT2D eigenvalue weighted by Crippen LogP contribution is 2.17. The third-order valence-electron chi connectivity index (χ3n) is 3.63. The van der Waals surface area contributed by atoms with Gasteiger partial charge in [0.2, 0.25) is 0 Å². The van der Waals surface area contributed by atoms with E-state index in [1.54, 1.807) is 0 Å². The zero-order valence-electron chi connectivity index (χ0n) is 9.33. The summed E-state index contributed by atoms with van der Waals surface area (Å²) in [7, 11) is 0. The lowest BCUT2D eigenvalue weighted by Gasteiger charge is -2.35. The van der Waals surface area contributed by atoms with Crippen LogP contribution in [0.4, 0.5) is 0 Å². The van der Waals surface area contributed by atoms with Gasteiger partial charge in [-0.1, -0.05) is 6.92 Å². The van der Waals surface area contributed by atoms with Crippen LogP contribution in [0.3, 0.4) is 0 Å². The second kappa shape index (κ2) is 4.60. The Labute approximate surface area is 86.8 Å². The van der Waals surface area contributed by atoms with Gasteiger partial charge in [-0.25, -0.2) is 0 Å². The van der Waals surface area contributed by atoms with Gasteiger partial charge in [0.05, 0.1) is 13.2 Å². The lowest BCUT2D eigenvalue weighted by atomic mass is 10.0. The summed E-state index contributed by atoms with van der Waals surface area (Å²) in [6, 6.07) is 1.30. The predicted octanol–water partition coefficient (Wildman–Crippen LogP) is 0.705. The summed E-state index contributed by atoms with van der Waals surface area (Å²) in [5.74, 6) is 0.838. The van der Waals surface area contributed by atoms with Crippen molar-refractivity contribution in [3.8, 4) is 0 Å². The van der Waals surface area contributed by atoms with Crippen LogP contribution in [-0.4, -0.2) is 49.8 Å². The maximum Gasteiger partial charge on any atom is 0.0619 e. The topological polar surface area (TPSA) is 24.5 Å². The Hall–Kier alpha value is -0.120. The summed E-state index contributed by atoms with van der Waals surface area (Å²) in [6.45, 7) is 9.93. The third kappa shape index (κ3) is 2.27. The van der Waals surface area contributed by atoms with Gasteiger partial charge in [0.15, 0.2) is 0 Å². The summed E-state index contributed by atoms with van der Waals surface area (Å²) in [5.41, 5.74) is 0. The Morgan fingerprint density at radius 3 is 2.93 bits per heavy atom. The third-order valence-corrected chi connectivity index (χ3v) is 3.63. The molecule has 3 nitrogen and oxygen atoms in total. The van der Waals surface area contributed by atoms with Crippen molar-refractivity contribution in [2.75, 3.05) is 32.8 Å². The molecule has 0 aliphatic carbocycles.